The van der Waals surface area contributed by atoms with Crippen LogP contribution in [-0.2, 0) is 4.79 Å². The van der Waals surface area contributed by atoms with Crippen LogP contribution in [-0.4, -0.2) is 16.2 Å². The maximum Gasteiger partial charge on any atom is 0.328 e. The zero-order valence-corrected chi connectivity index (χ0v) is 8.49. The smallest absolute Gasteiger partial charge is 0.328 e. The molecule has 0 saturated heterocycles. The normalized spacial score (nSPS) is 11.2. The minimum Gasteiger partial charge on any atom is -0.507 e. The van der Waals surface area contributed by atoms with Gasteiger partial charge in [-0.15, -0.1) is 11.3 Å². The number of rotatable bonds is 2. The van der Waals surface area contributed by atoms with E-state index in [4.69, 9.17) is 5.11 Å². The van der Waals surface area contributed by atoms with Crippen molar-refractivity contribution in [1.29, 1.82) is 0 Å². The highest BCUT2D eigenvalue weighted by atomic mass is 32.1. The lowest BCUT2D eigenvalue weighted by Gasteiger charge is -1.98. The van der Waals surface area contributed by atoms with E-state index in [0.29, 0.717) is 0 Å². The maximum absolute atomic E-state index is 10.4. The number of phenolic OH excluding ortho intramolecular Hbond substituents is 1. The van der Waals surface area contributed by atoms with Crippen LogP contribution >= 0.6 is 11.3 Å². The number of phenols is 1. The number of hydrogen-bond donors (Lipinski definition) is 2. The van der Waals surface area contributed by atoms with Crippen molar-refractivity contribution in [2.24, 2.45) is 0 Å². The van der Waals surface area contributed by atoms with Crippen molar-refractivity contribution < 1.29 is 15.0 Å². The Balaban J connectivity index is 2.57. The second-order valence-electron chi connectivity index (χ2n) is 3.01. The number of carboxylic acid groups (broad SMARTS) is 1. The Morgan fingerprint density at radius 3 is 2.87 bits per heavy atom. The van der Waals surface area contributed by atoms with Crippen LogP contribution in [0.4, 0.5) is 0 Å². The molecule has 15 heavy (non-hydrogen) atoms. The summed E-state index contributed by atoms with van der Waals surface area (Å²) in [5.41, 5.74) is 0.806. The van der Waals surface area contributed by atoms with Gasteiger partial charge in [-0.25, -0.2) is 4.79 Å². The molecule has 0 unspecified atom stereocenters. The van der Waals surface area contributed by atoms with Crippen LogP contribution in [0.5, 0.6) is 5.75 Å². The maximum atomic E-state index is 10.4. The van der Waals surface area contributed by atoms with E-state index in [9.17, 15) is 9.90 Å². The topological polar surface area (TPSA) is 57.5 Å². The summed E-state index contributed by atoms with van der Waals surface area (Å²) in [6.45, 7) is 0. The molecule has 0 bridgehead atoms. The molecule has 0 atom stereocenters. The predicted molar refractivity (Wildman–Crippen MR) is 60.2 cm³/mol. The molecular weight excluding hydrogens is 212 g/mol. The van der Waals surface area contributed by atoms with E-state index in [1.54, 1.807) is 12.1 Å². The van der Waals surface area contributed by atoms with Gasteiger partial charge in [0.1, 0.15) is 5.75 Å². The highest BCUT2D eigenvalue weighted by Gasteiger charge is 2.04. The summed E-state index contributed by atoms with van der Waals surface area (Å²) in [4.78, 5) is 10.4. The second kappa shape index (κ2) is 3.74. The Labute approximate surface area is 89.9 Å². The Morgan fingerprint density at radius 1 is 1.33 bits per heavy atom. The fraction of sp³-hybridized carbons (Fsp3) is 0. The van der Waals surface area contributed by atoms with Gasteiger partial charge in [0.25, 0.3) is 0 Å². The minimum atomic E-state index is -0.979. The van der Waals surface area contributed by atoms with Gasteiger partial charge in [-0.2, -0.15) is 0 Å². The highest BCUT2D eigenvalue weighted by molar-refractivity contribution is 7.17. The zero-order chi connectivity index (χ0) is 10.8. The SMILES string of the molecule is O=C(O)C=Cc1ccc(O)c2ccsc12. The van der Waals surface area contributed by atoms with Gasteiger partial charge in [-0.05, 0) is 35.2 Å². The molecular formula is C11H8O3S. The molecule has 0 radical (unpaired) electrons. The lowest BCUT2D eigenvalue weighted by molar-refractivity contribution is -0.131. The Kier molecular flexibility index (Phi) is 2.43. The Bertz CT molecular complexity index is 540. The van der Waals surface area contributed by atoms with Gasteiger partial charge in [-0.1, -0.05) is 0 Å². The molecule has 0 aliphatic heterocycles. The number of aliphatic carboxylic acids is 1. The first-order valence-corrected chi connectivity index (χ1v) is 5.16. The molecule has 2 aromatic rings. The zero-order valence-electron chi connectivity index (χ0n) is 7.68. The first kappa shape index (κ1) is 9.73. The molecule has 3 nitrogen and oxygen atoms in total. The van der Waals surface area contributed by atoms with Gasteiger partial charge >= 0.3 is 5.97 Å². The van der Waals surface area contributed by atoms with Gasteiger partial charge in [0, 0.05) is 16.2 Å². The number of aromatic hydroxyl groups is 1. The number of hydrogen-bond acceptors (Lipinski definition) is 3. The lowest BCUT2D eigenvalue weighted by atomic mass is 10.1. The van der Waals surface area contributed by atoms with E-state index in [2.05, 4.69) is 0 Å². The standard InChI is InChI=1S/C11H8O3S/c12-9-3-1-7(2-4-10(13)14)11-8(9)5-6-15-11/h1-6,12H,(H,13,14). The van der Waals surface area contributed by atoms with Crippen LogP contribution in [0.25, 0.3) is 16.2 Å². The van der Waals surface area contributed by atoms with Gasteiger partial charge < -0.3 is 10.2 Å². The summed E-state index contributed by atoms with van der Waals surface area (Å²) in [5.74, 6) is -0.758. The number of benzene rings is 1. The minimum absolute atomic E-state index is 0.221. The molecule has 1 heterocycles. The molecule has 0 spiro atoms. The highest BCUT2D eigenvalue weighted by Crippen LogP contribution is 2.32. The lowest BCUT2D eigenvalue weighted by Crippen LogP contribution is -1.85. The summed E-state index contributed by atoms with van der Waals surface area (Å²) in [5, 5.41) is 20.7. The van der Waals surface area contributed by atoms with Gasteiger partial charge in [0.2, 0.25) is 0 Å². The third kappa shape index (κ3) is 1.85. The third-order valence-corrected chi connectivity index (χ3v) is 2.99. The Hall–Kier alpha value is -1.81. The van der Waals surface area contributed by atoms with Crippen LogP contribution in [0.1, 0.15) is 5.56 Å². The van der Waals surface area contributed by atoms with Crippen molar-refractivity contribution in [2.75, 3.05) is 0 Å². The van der Waals surface area contributed by atoms with E-state index in [1.807, 2.05) is 11.4 Å². The van der Waals surface area contributed by atoms with E-state index in [1.165, 1.54) is 17.4 Å². The molecule has 0 amide bonds. The molecule has 0 saturated carbocycles. The summed E-state index contributed by atoms with van der Waals surface area (Å²) < 4.78 is 0.896. The molecule has 76 valence electrons. The summed E-state index contributed by atoms with van der Waals surface area (Å²) in [6.07, 6.45) is 2.62. The average Bonchev–Trinajstić information content (AvgIpc) is 2.66. The number of fused-ring (bicyclic) bond motifs is 1. The van der Waals surface area contributed by atoms with Gasteiger partial charge in [0.05, 0.1) is 0 Å². The summed E-state index contributed by atoms with van der Waals surface area (Å²) in [7, 11) is 0. The van der Waals surface area contributed by atoms with Gasteiger partial charge in [-0.3, -0.25) is 0 Å². The molecule has 1 aromatic heterocycles. The van der Waals surface area contributed by atoms with Crippen molar-refractivity contribution in [3.05, 3.63) is 35.2 Å². The first-order valence-electron chi connectivity index (χ1n) is 4.28. The summed E-state index contributed by atoms with van der Waals surface area (Å²) >= 11 is 1.48. The van der Waals surface area contributed by atoms with Gasteiger partial charge in [0.15, 0.2) is 0 Å². The molecule has 0 aliphatic rings. The van der Waals surface area contributed by atoms with E-state index < -0.39 is 5.97 Å². The molecule has 1 aromatic carbocycles. The van der Waals surface area contributed by atoms with Crippen LogP contribution in [0.3, 0.4) is 0 Å². The number of carbonyl (C=O) groups is 1. The van der Waals surface area contributed by atoms with E-state index in [0.717, 1.165) is 21.7 Å². The summed E-state index contributed by atoms with van der Waals surface area (Å²) in [6, 6.07) is 5.08. The monoisotopic (exact) mass is 220 g/mol. The third-order valence-electron chi connectivity index (χ3n) is 2.03. The van der Waals surface area contributed by atoms with Crippen LogP contribution < -0.4 is 0 Å². The van der Waals surface area contributed by atoms with Crippen molar-refractivity contribution in [2.45, 2.75) is 0 Å². The van der Waals surface area contributed by atoms with Crippen LogP contribution in [0.2, 0.25) is 0 Å². The molecule has 2 N–H and O–H groups in total. The van der Waals surface area contributed by atoms with Crippen molar-refractivity contribution in [3.8, 4) is 5.75 Å². The number of carboxylic acids is 1. The number of thiophene rings is 1. The fourth-order valence-electron chi connectivity index (χ4n) is 1.36. The first-order chi connectivity index (χ1) is 7.18. The Morgan fingerprint density at radius 2 is 2.13 bits per heavy atom. The van der Waals surface area contributed by atoms with Crippen molar-refractivity contribution >= 4 is 33.5 Å². The second-order valence-corrected chi connectivity index (χ2v) is 3.93. The van der Waals surface area contributed by atoms with Crippen molar-refractivity contribution in [1.82, 2.24) is 0 Å². The quantitative estimate of drug-likeness (QED) is 0.765. The molecule has 2 rings (SSSR count). The van der Waals surface area contributed by atoms with E-state index >= 15 is 0 Å². The predicted octanol–water partition coefficient (Wildman–Crippen LogP) is 2.70. The van der Waals surface area contributed by atoms with E-state index in [-0.39, 0.29) is 5.75 Å². The molecule has 0 aliphatic carbocycles. The molecule has 4 heteroatoms. The largest absolute Gasteiger partial charge is 0.507 e. The molecule has 0 fully saturated rings. The van der Waals surface area contributed by atoms with Crippen LogP contribution in [0.15, 0.2) is 29.7 Å². The average molecular weight is 220 g/mol. The van der Waals surface area contributed by atoms with Crippen LogP contribution in [0, 0.1) is 0 Å². The fourth-order valence-corrected chi connectivity index (χ4v) is 2.27. The van der Waals surface area contributed by atoms with Crippen molar-refractivity contribution in [3.63, 3.8) is 0 Å².